The maximum atomic E-state index is 2.73. The number of hydrogen-bond acceptors (Lipinski definition) is 2. The molecule has 0 aliphatic carbocycles. The second kappa shape index (κ2) is 6.28. The van der Waals surface area contributed by atoms with Crippen LogP contribution in [0.5, 0.6) is 0 Å². The van der Waals surface area contributed by atoms with Gasteiger partial charge in [0, 0.05) is 25.2 Å². The lowest BCUT2D eigenvalue weighted by Gasteiger charge is -2.42. The van der Waals surface area contributed by atoms with Crippen molar-refractivity contribution < 1.29 is 0 Å². The van der Waals surface area contributed by atoms with Gasteiger partial charge < -0.3 is 0 Å². The minimum atomic E-state index is 0.671. The van der Waals surface area contributed by atoms with Crippen LogP contribution in [0.4, 0.5) is 0 Å². The number of rotatable bonds is 4. The molecule has 0 bridgehead atoms. The maximum Gasteiger partial charge on any atom is 0.0224 e. The van der Waals surface area contributed by atoms with Crippen molar-refractivity contribution in [2.75, 3.05) is 26.2 Å². The van der Waals surface area contributed by atoms with Gasteiger partial charge >= 0.3 is 0 Å². The summed E-state index contributed by atoms with van der Waals surface area (Å²) >= 11 is 0. The van der Waals surface area contributed by atoms with Crippen LogP contribution in [0.15, 0.2) is 30.3 Å². The molecular weight excluding hydrogens is 244 g/mol. The van der Waals surface area contributed by atoms with Gasteiger partial charge in [0.1, 0.15) is 0 Å². The van der Waals surface area contributed by atoms with Gasteiger partial charge in [-0.25, -0.2) is 0 Å². The summed E-state index contributed by atoms with van der Waals surface area (Å²) in [6.07, 6.45) is 4.10. The zero-order valence-corrected chi connectivity index (χ0v) is 13.0. The van der Waals surface area contributed by atoms with Crippen LogP contribution in [0, 0.1) is 0 Å². The molecule has 2 aliphatic heterocycles. The van der Waals surface area contributed by atoms with Crippen molar-refractivity contribution in [1.29, 1.82) is 0 Å². The van der Waals surface area contributed by atoms with E-state index in [-0.39, 0.29) is 0 Å². The Morgan fingerprint density at radius 1 is 1.20 bits per heavy atom. The molecule has 3 rings (SSSR count). The minimum absolute atomic E-state index is 0.671. The summed E-state index contributed by atoms with van der Waals surface area (Å²) in [7, 11) is 0. The van der Waals surface area contributed by atoms with E-state index in [1.165, 1.54) is 51.0 Å². The van der Waals surface area contributed by atoms with Gasteiger partial charge in [-0.15, -0.1) is 0 Å². The van der Waals surface area contributed by atoms with E-state index < -0.39 is 0 Å². The molecule has 0 amide bonds. The lowest BCUT2D eigenvalue weighted by atomic mass is 9.97. The fraction of sp³-hybridized carbons (Fsp3) is 0.667. The van der Waals surface area contributed by atoms with Crippen molar-refractivity contribution in [2.24, 2.45) is 0 Å². The van der Waals surface area contributed by atoms with Gasteiger partial charge in [0.05, 0.1) is 0 Å². The highest BCUT2D eigenvalue weighted by atomic mass is 15.3. The summed E-state index contributed by atoms with van der Waals surface area (Å²) in [5.41, 5.74) is 1.49. The van der Waals surface area contributed by atoms with E-state index in [0.717, 1.165) is 12.1 Å². The number of benzene rings is 1. The van der Waals surface area contributed by atoms with Gasteiger partial charge in [0.2, 0.25) is 0 Å². The van der Waals surface area contributed by atoms with Gasteiger partial charge in [-0.3, -0.25) is 9.80 Å². The van der Waals surface area contributed by atoms with E-state index in [1.54, 1.807) is 0 Å². The lowest BCUT2D eigenvalue weighted by molar-refractivity contribution is 0.0577. The third-order valence-electron chi connectivity index (χ3n) is 5.28. The highest BCUT2D eigenvalue weighted by molar-refractivity contribution is 5.18. The van der Waals surface area contributed by atoms with Crippen molar-refractivity contribution in [2.45, 2.75) is 51.1 Å². The predicted molar refractivity (Wildman–Crippen MR) is 85.1 cm³/mol. The van der Waals surface area contributed by atoms with E-state index >= 15 is 0 Å². The average Bonchev–Trinajstić information content (AvgIpc) is 2.92. The number of hydrogen-bond donors (Lipinski definition) is 0. The molecule has 20 heavy (non-hydrogen) atoms. The largest absolute Gasteiger partial charge is 0.298 e. The van der Waals surface area contributed by atoms with Crippen LogP contribution in [0.2, 0.25) is 0 Å². The summed E-state index contributed by atoms with van der Waals surface area (Å²) in [5, 5.41) is 0. The number of piperazine rings is 1. The Hall–Kier alpha value is -0.860. The first-order chi connectivity index (χ1) is 9.74. The molecule has 3 atom stereocenters. The third kappa shape index (κ3) is 3.07. The molecule has 2 fully saturated rings. The zero-order valence-electron chi connectivity index (χ0n) is 13.0. The normalized spacial score (nSPS) is 29.3. The van der Waals surface area contributed by atoms with Gasteiger partial charge in [-0.1, -0.05) is 37.3 Å². The monoisotopic (exact) mass is 272 g/mol. The molecule has 1 aromatic rings. The van der Waals surface area contributed by atoms with Gasteiger partial charge in [-0.05, 0) is 50.8 Å². The molecule has 3 unspecified atom stereocenters. The van der Waals surface area contributed by atoms with Crippen molar-refractivity contribution in [3.8, 4) is 0 Å². The van der Waals surface area contributed by atoms with E-state index in [2.05, 4.69) is 54.0 Å². The summed E-state index contributed by atoms with van der Waals surface area (Å²) in [4.78, 5) is 5.44. The molecule has 0 saturated carbocycles. The first-order valence-corrected chi connectivity index (χ1v) is 8.27. The molecular formula is C18H28N2. The Morgan fingerprint density at radius 3 is 2.80 bits per heavy atom. The molecule has 1 aromatic carbocycles. The van der Waals surface area contributed by atoms with Crippen LogP contribution >= 0.6 is 0 Å². The third-order valence-corrected chi connectivity index (χ3v) is 5.28. The van der Waals surface area contributed by atoms with Crippen LogP contribution in [0.3, 0.4) is 0 Å². The highest BCUT2D eigenvalue weighted by Gasteiger charge is 2.34. The van der Waals surface area contributed by atoms with Gasteiger partial charge in [0.15, 0.2) is 0 Å². The van der Waals surface area contributed by atoms with Crippen LogP contribution in [0.1, 0.15) is 44.6 Å². The fourth-order valence-electron chi connectivity index (χ4n) is 3.87. The van der Waals surface area contributed by atoms with Gasteiger partial charge in [-0.2, -0.15) is 0 Å². The summed E-state index contributed by atoms with van der Waals surface area (Å²) in [5.74, 6) is 0.671. The molecule has 2 nitrogen and oxygen atoms in total. The van der Waals surface area contributed by atoms with Crippen molar-refractivity contribution >= 4 is 0 Å². The molecule has 2 heterocycles. The fourth-order valence-corrected chi connectivity index (χ4v) is 3.87. The Kier molecular flexibility index (Phi) is 4.42. The van der Waals surface area contributed by atoms with E-state index in [1.807, 2.05) is 0 Å². The standard InChI is InChI=1S/C18H28N2/c1-15(17-7-4-3-5-8-17)10-12-19-14-18-9-6-11-20(18)13-16(19)2/h3-5,7-8,15-16,18H,6,9-14H2,1-2H3. The summed E-state index contributed by atoms with van der Waals surface area (Å²) < 4.78 is 0. The molecule has 0 spiro atoms. The highest BCUT2D eigenvalue weighted by Crippen LogP contribution is 2.26. The molecule has 110 valence electrons. The second-order valence-corrected chi connectivity index (χ2v) is 6.74. The van der Waals surface area contributed by atoms with E-state index in [4.69, 9.17) is 0 Å². The van der Waals surface area contributed by atoms with Crippen molar-refractivity contribution in [3.05, 3.63) is 35.9 Å². The molecule has 2 heteroatoms. The van der Waals surface area contributed by atoms with Crippen LogP contribution in [0.25, 0.3) is 0 Å². The Labute approximate surface area is 123 Å². The van der Waals surface area contributed by atoms with Crippen LogP contribution in [-0.2, 0) is 0 Å². The molecule has 2 saturated heterocycles. The molecule has 0 radical (unpaired) electrons. The van der Waals surface area contributed by atoms with Crippen LogP contribution in [-0.4, -0.2) is 48.1 Å². The minimum Gasteiger partial charge on any atom is -0.298 e. The average molecular weight is 272 g/mol. The van der Waals surface area contributed by atoms with Crippen LogP contribution < -0.4 is 0 Å². The first-order valence-electron chi connectivity index (χ1n) is 8.27. The quantitative estimate of drug-likeness (QED) is 0.829. The smallest absolute Gasteiger partial charge is 0.0224 e. The molecule has 0 aromatic heterocycles. The summed E-state index contributed by atoms with van der Waals surface area (Å²) in [6, 6.07) is 12.5. The number of nitrogens with zero attached hydrogens (tertiary/aromatic N) is 2. The van der Waals surface area contributed by atoms with Crippen molar-refractivity contribution in [3.63, 3.8) is 0 Å². The summed E-state index contributed by atoms with van der Waals surface area (Å²) in [6.45, 7) is 9.94. The van der Waals surface area contributed by atoms with Gasteiger partial charge in [0.25, 0.3) is 0 Å². The molecule has 0 N–H and O–H groups in total. The SMILES string of the molecule is CC(CCN1CC2CCCN2CC1C)c1ccccc1. The number of fused-ring (bicyclic) bond motifs is 1. The maximum absolute atomic E-state index is 2.73. The Bertz CT molecular complexity index is 417. The first kappa shape index (κ1) is 14.1. The Balaban J connectivity index is 1.53. The lowest BCUT2D eigenvalue weighted by Crippen LogP contribution is -2.55. The van der Waals surface area contributed by atoms with Crippen molar-refractivity contribution in [1.82, 2.24) is 9.80 Å². The topological polar surface area (TPSA) is 6.48 Å². The zero-order chi connectivity index (χ0) is 13.9. The molecule has 2 aliphatic rings. The predicted octanol–water partition coefficient (Wildman–Crippen LogP) is 3.35. The Morgan fingerprint density at radius 2 is 2.00 bits per heavy atom. The second-order valence-electron chi connectivity index (χ2n) is 6.74. The van der Waals surface area contributed by atoms with E-state index in [0.29, 0.717) is 5.92 Å². The van der Waals surface area contributed by atoms with E-state index in [9.17, 15) is 0 Å².